The largest absolute Gasteiger partial charge is 0.381 e. The first-order chi connectivity index (χ1) is 13.0. The predicted molar refractivity (Wildman–Crippen MR) is 101 cm³/mol. The summed E-state index contributed by atoms with van der Waals surface area (Å²) in [5.41, 5.74) is 2.99. The molecule has 4 atom stereocenters. The number of aromatic nitrogens is 2. The first kappa shape index (κ1) is 17.9. The lowest BCUT2D eigenvalue weighted by Gasteiger charge is -2.17. The molecule has 1 aromatic carbocycles. The Kier molecular flexibility index (Phi) is 4.60. The van der Waals surface area contributed by atoms with Gasteiger partial charge in [-0.25, -0.2) is 0 Å². The number of amides is 1. The Morgan fingerprint density at radius 2 is 2.04 bits per heavy atom. The molecule has 1 saturated heterocycles. The Morgan fingerprint density at radius 3 is 2.70 bits per heavy atom. The zero-order valence-electron chi connectivity index (χ0n) is 15.9. The molecule has 0 radical (unpaired) electrons. The SMILES string of the molecule is CCC(=O)c1cc(C(=O)NC2[C@H]3COC[C@@H]23)n([C@@H](C)c2cccc(C)c2)n1. The number of rotatable bonds is 6. The van der Waals surface area contributed by atoms with Crippen molar-refractivity contribution in [1.29, 1.82) is 0 Å². The highest BCUT2D eigenvalue weighted by atomic mass is 16.5. The van der Waals surface area contributed by atoms with Crippen molar-refractivity contribution >= 4 is 11.7 Å². The zero-order valence-corrected chi connectivity index (χ0v) is 15.9. The molecule has 1 aliphatic heterocycles. The number of benzene rings is 1. The molecule has 4 rings (SSSR count). The van der Waals surface area contributed by atoms with Gasteiger partial charge < -0.3 is 10.1 Å². The van der Waals surface area contributed by atoms with Crippen LogP contribution in [-0.4, -0.2) is 40.7 Å². The normalized spacial score (nSPS) is 24.3. The van der Waals surface area contributed by atoms with Gasteiger partial charge in [0, 0.05) is 30.4 Å². The molecule has 2 heterocycles. The third kappa shape index (κ3) is 3.30. The minimum Gasteiger partial charge on any atom is -0.381 e. The fraction of sp³-hybridized carbons (Fsp3) is 0.476. The van der Waals surface area contributed by atoms with Gasteiger partial charge in [0.15, 0.2) is 5.78 Å². The van der Waals surface area contributed by atoms with Crippen molar-refractivity contribution in [3.05, 3.63) is 52.8 Å². The predicted octanol–water partition coefficient (Wildman–Crippen LogP) is 2.77. The lowest BCUT2D eigenvalue weighted by atomic mass is 10.1. The molecule has 0 bridgehead atoms. The number of carbonyl (C=O) groups is 2. The average molecular weight is 367 g/mol. The second-order valence-corrected chi connectivity index (χ2v) is 7.59. The van der Waals surface area contributed by atoms with E-state index in [2.05, 4.69) is 16.5 Å². The number of hydrogen-bond acceptors (Lipinski definition) is 4. The maximum atomic E-state index is 12.9. The van der Waals surface area contributed by atoms with Gasteiger partial charge in [-0.15, -0.1) is 0 Å². The van der Waals surface area contributed by atoms with Gasteiger partial charge in [-0.2, -0.15) is 5.10 Å². The fourth-order valence-corrected chi connectivity index (χ4v) is 3.93. The standard InChI is InChI=1S/C21H25N3O3/c1-4-19(25)17-9-18(21(26)22-20-15-10-27-11-16(15)20)24(23-17)13(3)14-7-5-6-12(2)8-14/h5-9,13,15-16,20H,4,10-11H2,1-3H3,(H,22,26)/t13-,15-,16+,20?/m0/s1. The number of fused-ring (bicyclic) bond motifs is 1. The molecule has 1 aromatic heterocycles. The summed E-state index contributed by atoms with van der Waals surface area (Å²) in [7, 11) is 0. The van der Waals surface area contributed by atoms with Gasteiger partial charge in [-0.1, -0.05) is 36.8 Å². The van der Waals surface area contributed by atoms with Crippen LogP contribution in [0.15, 0.2) is 30.3 Å². The summed E-state index contributed by atoms with van der Waals surface area (Å²) >= 11 is 0. The van der Waals surface area contributed by atoms with Crippen molar-refractivity contribution in [1.82, 2.24) is 15.1 Å². The molecule has 1 amide bonds. The molecule has 1 N–H and O–H groups in total. The molecular formula is C21H25N3O3. The second kappa shape index (κ2) is 6.93. The maximum absolute atomic E-state index is 12.9. The third-order valence-electron chi connectivity index (χ3n) is 5.72. The van der Waals surface area contributed by atoms with E-state index < -0.39 is 0 Å². The molecule has 1 unspecified atom stereocenters. The molecule has 6 nitrogen and oxygen atoms in total. The van der Waals surface area contributed by atoms with Crippen LogP contribution in [0.2, 0.25) is 0 Å². The van der Waals surface area contributed by atoms with Gasteiger partial charge in [0.25, 0.3) is 5.91 Å². The molecule has 142 valence electrons. The summed E-state index contributed by atoms with van der Waals surface area (Å²) in [6.07, 6.45) is 0.362. The Hall–Kier alpha value is -2.47. The van der Waals surface area contributed by atoms with Crippen molar-refractivity contribution in [2.75, 3.05) is 13.2 Å². The van der Waals surface area contributed by atoms with E-state index in [0.29, 0.717) is 42.9 Å². The number of hydrogen-bond donors (Lipinski definition) is 1. The smallest absolute Gasteiger partial charge is 0.269 e. The van der Waals surface area contributed by atoms with Gasteiger partial charge in [0.05, 0.1) is 19.3 Å². The third-order valence-corrected chi connectivity index (χ3v) is 5.72. The van der Waals surface area contributed by atoms with E-state index in [1.165, 1.54) is 0 Å². The summed E-state index contributed by atoms with van der Waals surface area (Å²) in [5.74, 6) is 0.625. The van der Waals surface area contributed by atoms with E-state index in [-0.39, 0.29) is 23.8 Å². The Morgan fingerprint density at radius 1 is 1.30 bits per heavy atom. The highest BCUT2D eigenvalue weighted by molar-refractivity contribution is 5.99. The maximum Gasteiger partial charge on any atom is 0.269 e. The van der Waals surface area contributed by atoms with E-state index in [1.807, 2.05) is 32.0 Å². The Labute approximate surface area is 158 Å². The molecule has 2 aromatic rings. The van der Waals surface area contributed by atoms with Crippen molar-refractivity contribution < 1.29 is 14.3 Å². The van der Waals surface area contributed by atoms with E-state index in [9.17, 15) is 9.59 Å². The summed E-state index contributed by atoms with van der Waals surface area (Å²) in [4.78, 5) is 25.1. The van der Waals surface area contributed by atoms with Crippen LogP contribution in [0.25, 0.3) is 0 Å². The van der Waals surface area contributed by atoms with Crippen LogP contribution >= 0.6 is 0 Å². The Bertz CT molecular complexity index is 879. The van der Waals surface area contributed by atoms with E-state index in [0.717, 1.165) is 11.1 Å². The number of aryl methyl sites for hydroxylation is 1. The molecule has 1 saturated carbocycles. The molecule has 1 aliphatic carbocycles. The lowest BCUT2D eigenvalue weighted by molar-refractivity contribution is 0.0916. The minimum atomic E-state index is -0.170. The van der Waals surface area contributed by atoms with Crippen LogP contribution < -0.4 is 5.32 Å². The number of ether oxygens (including phenoxy) is 1. The van der Waals surface area contributed by atoms with Gasteiger partial charge in [0.1, 0.15) is 11.4 Å². The van der Waals surface area contributed by atoms with Crippen LogP contribution in [0.5, 0.6) is 0 Å². The van der Waals surface area contributed by atoms with Crippen LogP contribution in [-0.2, 0) is 4.74 Å². The van der Waals surface area contributed by atoms with E-state index >= 15 is 0 Å². The lowest BCUT2D eigenvalue weighted by Crippen LogP contribution is -2.32. The molecule has 6 heteroatoms. The monoisotopic (exact) mass is 367 g/mol. The van der Waals surface area contributed by atoms with Gasteiger partial charge in [-0.3, -0.25) is 14.3 Å². The minimum absolute atomic E-state index is 0.0593. The van der Waals surface area contributed by atoms with Crippen molar-refractivity contribution in [2.24, 2.45) is 11.8 Å². The first-order valence-electron chi connectivity index (χ1n) is 9.57. The first-order valence-corrected chi connectivity index (χ1v) is 9.57. The number of nitrogens with zero attached hydrogens (tertiary/aromatic N) is 2. The summed E-state index contributed by atoms with van der Waals surface area (Å²) < 4.78 is 7.07. The Balaban J connectivity index is 1.63. The molecule has 0 spiro atoms. The van der Waals surface area contributed by atoms with Crippen molar-refractivity contribution in [2.45, 2.75) is 39.3 Å². The van der Waals surface area contributed by atoms with Gasteiger partial charge in [0.2, 0.25) is 0 Å². The zero-order chi connectivity index (χ0) is 19.1. The number of Topliss-reactive ketones (excluding diaryl/α,β-unsaturated/α-hetero) is 1. The van der Waals surface area contributed by atoms with E-state index in [1.54, 1.807) is 17.7 Å². The molecule has 2 aliphatic rings. The molecular weight excluding hydrogens is 342 g/mol. The number of carbonyl (C=O) groups excluding carboxylic acids is 2. The fourth-order valence-electron chi connectivity index (χ4n) is 3.93. The second-order valence-electron chi connectivity index (χ2n) is 7.59. The van der Waals surface area contributed by atoms with Crippen LogP contribution in [0.1, 0.15) is 58.4 Å². The summed E-state index contributed by atoms with van der Waals surface area (Å²) in [6.45, 7) is 7.27. The molecule has 2 fully saturated rings. The summed E-state index contributed by atoms with van der Waals surface area (Å²) in [5, 5.41) is 7.60. The van der Waals surface area contributed by atoms with Crippen molar-refractivity contribution in [3.63, 3.8) is 0 Å². The highest BCUT2D eigenvalue weighted by Crippen LogP contribution is 2.44. The average Bonchev–Trinajstić information content (AvgIpc) is 3.07. The number of nitrogens with one attached hydrogen (secondary N) is 1. The van der Waals surface area contributed by atoms with Gasteiger partial charge >= 0.3 is 0 Å². The van der Waals surface area contributed by atoms with Crippen LogP contribution in [0.3, 0.4) is 0 Å². The van der Waals surface area contributed by atoms with Crippen LogP contribution in [0.4, 0.5) is 0 Å². The molecule has 27 heavy (non-hydrogen) atoms. The summed E-state index contributed by atoms with van der Waals surface area (Å²) in [6, 6.07) is 9.78. The highest BCUT2D eigenvalue weighted by Gasteiger charge is 2.55. The van der Waals surface area contributed by atoms with Gasteiger partial charge in [-0.05, 0) is 19.4 Å². The van der Waals surface area contributed by atoms with Crippen LogP contribution in [0, 0.1) is 18.8 Å². The number of ketones is 1. The quantitative estimate of drug-likeness (QED) is 0.797. The van der Waals surface area contributed by atoms with E-state index in [4.69, 9.17) is 4.74 Å². The topological polar surface area (TPSA) is 73.2 Å². The van der Waals surface area contributed by atoms with Crippen molar-refractivity contribution in [3.8, 4) is 0 Å².